The van der Waals surface area contributed by atoms with Crippen LogP contribution in [-0.4, -0.2) is 27.9 Å². The van der Waals surface area contributed by atoms with Crippen LogP contribution in [0.15, 0.2) is 35.5 Å². The molecule has 3 rings (SSSR count). The quantitative estimate of drug-likeness (QED) is 0.939. The van der Waals surface area contributed by atoms with Gasteiger partial charge < -0.3 is 4.84 Å². The Morgan fingerprint density at radius 1 is 1.38 bits per heavy atom. The first kappa shape index (κ1) is 13.7. The van der Waals surface area contributed by atoms with E-state index >= 15 is 0 Å². The highest BCUT2D eigenvalue weighted by Crippen LogP contribution is 2.20. The molecule has 0 spiro atoms. The molecule has 0 saturated carbocycles. The molecule has 1 atom stereocenters. The molecule has 0 unspecified atom stereocenters. The number of benzene rings is 1. The molecule has 0 aliphatic carbocycles. The molecule has 108 valence electrons. The fraction of sp³-hybridized carbons (Fsp3) is 0.286. The Labute approximate surface area is 125 Å². The first-order valence-electron chi connectivity index (χ1n) is 6.67. The van der Waals surface area contributed by atoms with Crippen molar-refractivity contribution in [2.45, 2.75) is 25.9 Å². The first-order chi connectivity index (χ1) is 10.3. The Balaban J connectivity index is 1.61. The second-order valence-corrected chi connectivity index (χ2v) is 5.61. The van der Waals surface area contributed by atoms with E-state index in [-0.39, 0.29) is 5.91 Å². The molecule has 7 heteroatoms. The molecule has 2 aromatic rings. The van der Waals surface area contributed by atoms with E-state index in [1.54, 1.807) is 0 Å². The van der Waals surface area contributed by atoms with E-state index in [1.807, 2.05) is 37.3 Å². The molecule has 1 aliphatic heterocycles. The predicted octanol–water partition coefficient (Wildman–Crippen LogP) is 2.23. The number of oxime groups is 1. The van der Waals surface area contributed by atoms with E-state index in [1.165, 1.54) is 11.3 Å². The number of anilines is 1. The summed E-state index contributed by atoms with van der Waals surface area (Å²) < 4.78 is 0. The molecule has 0 bridgehead atoms. The molecule has 0 saturated heterocycles. The minimum Gasteiger partial charge on any atom is -0.382 e. The third-order valence-electron chi connectivity index (χ3n) is 3.07. The highest BCUT2D eigenvalue weighted by atomic mass is 32.1. The molecule has 1 aromatic carbocycles. The van der Waals surface area contributed by atoms with Gasteiger partial charge in [0.2, 0.25) is 11.2 Å². The summed E-state index contributed by atoms with van der Waals surface area (Å²) in [4.78, 5) is 17.3. The minimum absolute atomic E-state index is 0.247. The first-order valence-corrected chi connectivity index (χ1v) is 7.49. The van der Waals surface area contributed by atoms with Gasteiger partial charge in [-0.1, -0.05) is 53.7 Å². The normalized spacial score (nSPS) is 17.2. The number of aromatic nitrogens is 2. The lowest BCUT2D eigenvalue weighted by molar-refractivity contribution is -0.125. The number of carbonyl (C=O) groups is 1. The molecular weight excluding hydrogens is 288 g/mol. The molecule has 0 fully saturated rings. The molecule has 1 aliphatic rings. The Hall–Kier alpha value is -2.28. The number of nitrogens with zero attached hydrogens (tertiary/aromatic N) is 3. The highest BCUT2D eigenvalue weighted by molar-refractivity contribution is 7.15. The molecule has 21 heavy (non-hydrogen) atoms. The van der Waals surface area contributed by atoms with Gasteiger partial charge in [-0.2, -0.15) is 0 Å². The lowest BCUT2D eigenvalue weighted by Crippen LogP contribution is -2.28. The van der Waals surface area contributed by atoms with Gasteiger partial charge in [0.15, 0.2) is 0 Å². The number of hydrogen-bond acceptors (Lipinski definition) is 6. The Kier molecular flexibility index (Phi) is 3.92. The van der Waals surface area contributed by atoms with Gasteiger partial charge in [0.05, 0.1) is 5.71 Å². The van der Waals surface area contributed by atoms with Gasteiger partial charge in [-0.05, 0) is 12.0 Å². The topological polar surface area (TPSA) is 76.5 Å². The summed E-state index contributed by atoms with van der Waals surface area (Å²) in [5.74, 6) is -0.247. The number of hydrogen-bond donors (Lipinski definition) is 1. The van der Waals surface area contributed by atoms with Crippen molar-refractivity contribution in [2.75, 3.05) is 5.32 Å². The van der Waals surface area contributed by atoms with Crippen molar-refractivity contribution in [2.24, 2.45) is 5.16 Å². The summed E-state index contributed by atoms with van der Waals surface area (Å²) in [6.07, 6.45) is 0.637. The average Bonchev–Trinajstić information content (AvgIpc) is 3.17. The Morgan fingerprint density at radius 2 is 2.19 bits per heavy atom. The fourth-order valence-corrected chi connectivity index (χ4v) is 2.63. The third-order valence-corrected chi connectivity index (χ3v) is 4.05. The molecule has 0 radical (unpaired) electrons. The van der Waals surface area contributed by atoms with Crippen LogP contribution in [0.4, 0.5) is 5.13 Å². The molecule has 1 amide bonds. The zero-order chi connectivity index (χ0) is 14.7. The van der Waals surface area contributed by atoms with Gasteiger partial charge in [-0.25, -0.2) is 0 Å². The zero-order valence-corrected chi connectivity index (χ0v) is 12.3. The third kappa shape index (κ3) is 3.08. The van der Waals surface area contributed by atoms with Crippen LogP contribution in [0.5, 0.6) is 0 Å². The number of rotatable bonds is 4. The van der Waals surface area contributed by atoms with Crippen LogP contribution in [0.1, 0.15) is 23.9 Å². The summed E-state index contributed by atoms with van der Waals surface area (Å²) in [6.45, 7) is 1.99. The minimum atomic E-state index is -0.616. The lowest BCUT2D eigenvalue weighted by atomic mass is 10.1. The summed E-state index contributed by atoms with van der Waals surface area (Å²) in [5.41, 5.74) is 1.75. The molecular formula is C14H14N4O2S. The average molecular weight is 302 g/mol. The molecule has 2 heterocycles. The van der Waals surface area contributed by atoms with E-state index in [0.29, 0.717) is 11.6 Å². The molecule has 1 N–H and O–H groups in total. The zero-order valence-electron chi connectivity index (χ0n) is 11.4. The van der Waals surface area contributed by atoms with Crippen LogP contribution < -0.4 is 5.32 Å². The standard InChI is InChI=1S/C14H14N4O2S/c1-2-12-16-17-14(21-12)15-13(19)11-8-10(18-20-11)9-6-4-3-5-7-9/h3-7,11H,2,8H2,1H3,(H,15,17,19)/t11-/m1/s1. The van der Waals surface area contributed by atoms with Gasteiger partial charge in [-0.3, -0.25) is 10.1 Å². The number of carbonyl (C=O) groups excluding carboxylic acids is 1. The summed E-state index contributed by atoms with van der Waals surface area (Å²) in [5, 5.41) is 16.0. The van der Waals surface area contributed by atoms with E-state index in [0.717, 1.165) is 22.7 Å². The van der Waals surface area contributed by atoms with E-state index < -0.39 is 6.10 Å². The van der Waals surface area contributed by atoms with Crippen LogP contribution >= 0.6 is 11.3 Å². The van der Waals surface area contributed by atoms with E-state index in [2.05, 4.69) is 20.7 Å². The van der Waals surface area contributed by atoms with Crippen molar-refractivity contribution in [3.63, 3.8) is 0 Å². The van der Waals surface area contributed by atoms with Crippen molar-refractivity contribution in [3.05, 3.63) is 40.9 Å². The maximum atomic E-state index is 12.1. The summed E-state index contributed by atoms with van der Waals surface area (Å²) in [6, 6.07) is 9.68. The predicted molar refractivity (Wildman–Crippen MR) is 80.4 cm³/mol. The van der Waals surface area contributed by atoms with Crippen molar-refractivity contribution >= 4 is 28.1 Å². The van der Waals surface area contributed by atoms with Crippen molar-refractivity contribution in [1.82, 2.24) is 10.2 Å². The Bertz CT molecular complexity index is 669. The van der Waals surface area contributed by atoms with Gasteiger partial charge in [-0.15, -0.1) is 10.2 Å². The van der Waals surface area contributed by atoms with Gasteiger partial charge in [0, 0.05) is 6.42 Å². The van der Waals surface area contributed by atoms with Crippen molar-refractivity contribution < 1.29 is 9.63 Å². The highest BCUT2D eigenvalue weighted by Gasteiger charge is 2.29. The van der Waals surface area contributed by atoms with Crippen molar-refractivity contribution in [1.29, 1.82) is 0 Å². The molecule has 6 nitrogen and oxygen atoms in total. The van der Waals surface area contributed by atoms with Gasteiger partial charge >= 0.3 is 0 Å². The summed E-state index contributed by atoms with van der Waals surface area (Å²) in [7, 11) is 0. The maximum absolute atomic E-state index is 12.1. The number of nitrogens with one attached hydrogen (secondary N) is 1. The smallest absolute Gasteiger partial charge is 0.270 e. The van der Waals surface area contributed by atoms with Crippen LogP contribution in [0.3, 0.4) is 0 Å². The SMILES string of the molecule is CCc1nnc(NC(=O)[C@H]2CC(c3ccccc3)=NO2)s1. The van der Waals surface area contributed by atoms with Crippen molar-refractivity contribution in [3.8, 4) is 0 Å². The second kappa shape index (κ2) is 6.01. The van der Waals surface area contributed by atoms with Gasteiger partial charge in [0.1, 0.15) is 5.01 Å². The molecule has 1 aromatic heterocycles. The van der Waals surface area contributed by atoms with Crippen LogP contribution in [0, 0.1) is 0 Å². The second-order valence-electron chi connectivity index (χ2n) is 4.55. The lowest BCUT2D eigenvalue weighted by Gasteiger charge is -2.06. The monoisotopic (exact) mass is 302 g/mol. The van der Waals surface area contributed by atoms with Crippen LogP contribution in [0.25, 0.3) is 0 Å². The van der Waals surface area contributed by atoms with Crippen LogP contribution in [0.2, 0.25) is 0 Å². The summed E-state index contributed by atoms with van der Waals surface area (Å²) >= 11 is 1.37. The fourth-order valence-electron chi connectivity index (χ4n) is 1.95. The van der Waals surface area contributed by atoms with E-state index in [9.17, 15) is 4.79 Å². The largest absolute Gasteiger partial charge is 0.382 e. The maximum Gasteiger partial charge on any atom is 0.270 e. The van der Waals surface area contributed by atoms with Crippen LogP contribution in [-0.2, 0) is 16.1 Å². The van der Waals surface area contributed by atoms with Gasteiger partial charge in [0.25, 0.3) is 5.91 Å². The number of amides is 1. The number of aryl methyl sites for hydroxylation is 1. The Morgan fingerprint density at radius 3 is 2.90 bits per heavy atom. The van der Waals surface area contributed by atoms with E-state index in [4.69, 9.17) is 4.84 Å².